The van der Waals surface area contributed by atoms with Crippen LogP contribution >= 0.6 is 11.6 Å². The van der Waals surface area contributed by atoms with E-state index in [0.717, 1.165) is 35.9 Å². The summed E-state index contributed by atoms with van der Waals surface area (Å²) in [6.45, 7) is 1.63. The number of rotatable bonds is 5. The van der Waals surface area contributed by atoms with Crippen LogP contribution in [0.25, 0.3) is 0 Å². The zero-order valence-corrected chi connectivity index (χ0v) is 10.5. The molecule has 2 rings (SSSR count). The van der Waals surface area contributed by atoms with E-state index in [1.54, 1.807) is 6.33 Å². The first-order valence-corrected chi connectivity index (χ1v) is 5.92. The Bertz CT molecular complexity index is 481. The maximum Gasteiger partial charge on any atom is 0.133 e. The molecule has 0 aliphatic carbocycles. The van der Waals surface area contributed by atoms with Gasteiger partial charge in [-0.3, -0.25) is 0 Å². The first-order chi connectivity index (χ1) is 8.27. The quantitative estimate of drug-likeness (QED) is 0.823. The van der Waals surface area contributed by atoms with Crippen molar-refractivity contribution in [1.29, 1.82) is 0 Å². The summed E-state index contributed by atoms with van der Waals surface area (Å²) in [5, 5.41) is 12.0. The molecular weight excluding hydrogens is 236 g/mol. The van der Waals surface area contributed by atoms with Crippen LogP contribution in [0.4, 0.5) is 0 Å². The zero-order chi connectivity index (χ0) is 12.1. The molecule has 0 bridgehead atoms. The number of hydrogen-bond acceptors (Lipinski definition) is 3. The average Bonchev–Trinajstić information content (AvgIpc) is 2.73. The highest BCUT2D eigenvalue weighted by Gasteiger charge is 2.01. The van der Waals surface area contributed by atoms with E-state index < -0.39 is 0 Å². The van der Waals surface area contributed by atoms with Gasteiger partial charge < -0.3 is 9.88 Å². The molecule has 90 valence electrons. The summed E-state index contributed by atoms with van der Waals surface area (Å²) in [4.78, 5) is 0. The first kappa shape index (κ1) is 12.1. The molecule has 0 unspecified atom stereocenters. The van der Waals surface area contributed by atoms with Crippen molar-refractivity contribution in [3.63, 3.8) is 0 Å². The van der Waals surface area contributed by atoms with Crippen LogP contribution in [0.1, 0.15) is 11.4 Å². The van der Waals surface area contributed by atoms with Crippen molar-refractivity contribution in [2.75, 3.05) is 6.54 Å². The lowest BCUT2D eigenvalue weighted by molar-refractivity contribution is 0.654. The van der Waals surface area contributed by atoms with Crippen LogP contribution in [-0.4, -0.2) is 21.3 Å². The van der Waals surface area contributed by atoms with Gasteiger partial charge in [0.2, 0.25) is 0 Å². The first-order valence-electron chi connectivity index (χ1n) is 5.54. The van der Waals surface area contributed by atoms with Crippen LogP contribution in [0.5, 0.6) is 0 Å². The van der Waals surface area contributed by atoms with Crippen molar-refractivity contribution in [2.24, 2.45) is 7.05 Å². The van der Waals surface area contributed by atoms with Crippen LogP contribution in [0.15, 0.2) is 30.6 Å². The van der Waals surface area contributed by atoms with E-state index in [0.29, 0.717) is 0 Å². The lowest BCUT2D eigenvalue weighted by Gasteiger charge is -2.06. The summed E-state index contributed by atoms with van der Waals surface area (Å²) in [6.07, 6.45) is 2.57. The summed E-state index contributed by atoms with van der Waals surface area (Å²) in [7, 11) is 1.95. The maximum atomic E-state index is 6.06. The number of benzene rings is 1. The number of hydrogen-bond donors (Lipinski definition) is 1. The molecule has 0 saturated heterocycles. The molecule has 0 fully saturated rings. The fraction of sp³-hybridized carbons (Fsp3) is 0.333. The SMILES string of the molecule is Cn1cnnc1CCNCc1ccccc1Cl. The molecule has 1 N–H and O–H groups in total. The normalized spacial score (nSPS) is 10.7. The van der Waals surface area contributed by atoms with Gasteiger partial charge in [-0.05, 0) is 11.6 Å². The van der Waals surface area contributed by atoms with E-state index in [4.69, 9.17) is 11.6 Å². The van der Waals surface area contributed by atoms with Crippen LogP contribution in [0.3, 0.4) is 0 Å². The monoisotopic (exact) mass is 250 g/mol. The molecule has 0 aliphatic heterocycles. The molecule has 0 amide bonds. The minimum atomic E-state index is 0.775. The molecule has 0 radical (unpaired) electrons. The van der Waals surface area contributed by atoms with Gasteiger partial charge in [-0.25, -0.2) is 0 Å². The number of aromatic nitrogens is 3. The minimum absolute atomic E-state index is 0.775. The van der Waals surface area contributed by atoms with E-state index in [-0.39, 0.29) is 0 Å². The lowest BCUT2D eigenvalue weighted by atomic mass is 10.2. The third kappa shape index (κ3) is 3.28. The Labute approximate surface area is 106 Å². The molecule has 5 heteroatoms. The summed E-state index contributed by atoms with van der Waals surface area (Å²) < 4.78 is 1.93. The third-order valence-electron chi connectivity index (χ3n) is 2.60. The Balaban J connectivity index is 1.77. The maximum absolute atomic E-state index is 6.06. The third-order valence-corrected chi connectivity index (χ3v) is 2.97. The van der Waals surface area contributed by atoms with Gasteiger partial charge in [-0.1, -0.05) is 29.8 Å². The van der Waals surface area contributed by atoms with Crippen LogP contribution in [0.2, 0.25) is 5.02 Å². The van der Waals surface area contributed by atoms with Gasteiger partial charge in [0.15, 0.2) is 0 Å². The van der Waals surface area contributed by atoms with Crippen LogP contribution in [-0.2, 0) is 20.0 Å². The highest BCUT2D eigenvalue weighted by Crippen LogP contribution is 2.14. The lowest BCUT2D eigenvalue weighted by Crippen LogP contribution is -2.18. The number of halogens is 1. The minimum Gasteiger partial charge on any atom is -0.321 e. The van der Waals surface area contributed by atoms with Gasteiger partial charge in [-0.15, -0.1) is 10.2 Å². The van der Waals surface area contributed by atoms with E-state index in [1.165, 1.54) is 0 Å². The Morgan fingerprint density at radius 1 is 1.35 bits per heavy atom. The van der Waals surface area contributed by atoms with Crippen molar-refractivity contribution in [1.82, 2.24) is 20.1 Å². The van der Waals surface area contributed by atoms with Gasteiger partial charge in [0.25, 0.3) is 0 Å². The van der Waals surface area contributed by atoms with Gasteiger partial charge in [0.1, 0.15) is 12.2 Å². The molecule has 17 heavy (non-hydrogen) atoms. The average molecular weight is 251 g/mol. The molecule has 4 nitrogen and oxygen atoms in total. The summed E-state index contributed by atoms with van der Waals surface area (Å²) >= 11 is 6.06. The van der Waals surface area contributed by atoms with E-state index in [1.807, 2.05) is 35.9 Å². The van der Waals surface area contributed by atoms with Crippen molar-refractivity contribution >= 4 is 11.6 Å². The largest absolute Gasteiger partial charge is 0.321 e. The van der Waals surface area contributed by atoms with Crippen LogP contribution in [0, 0.1) is 0 Å². The molecular formula is C12H15ClN4. The standard InChI is InChI=1S/C12H15ClN4/c1-17-9-15-16-12(17)6-7-14-8-10-4-2-3-5-11(10)13/h2-5,9,14H,6-8H2,1H3. The van der Waals surface area contributed by atoms with Crippen molar-refractivity contribution in [3.05, 3.63) is 47.0 Å². The van der Waals surface area contributed by atoms with Crippen molar-refractivity contribution in [2.45, 2.75) is 13.0 Å². The molecule has 0 aliphatic rings. The second-order valence-electron chi connectivity index (χ2n) is 3.88. The molecule has 0 saturated carbocycles. The van der Waals surface area contributed by atoms with Crippen LogP contribution < -0.4 is 5.32 Å². The fourth-order valence-corrected chi connectivity index (χ4v) is 1.80. The number of nitrogens with zero attached hydrogens (tertiary/aromatic N) is 3. The molecule has 1 heterocycles. The molecule has 1 aromatic heterocycles. The molecule has 1 aromatic carbocycles. The van der Waals surface area contributed by atoms with Gasteiger partial charge in [-0.2, -0.15) is 0 Å². The summed E-state index contributed by atoms with van der Waals surface area (Å²) in [5.74, 6) is 0.983. The summed E-state index contributed by atoms with van der Waals surface area (Å²) in [6, 6.07) is 7.86. The van der Waals surface area contributed by atoms with Gasteiger partial charge in [0.05, 0.1) is 0 Å². The number of nitrogens with one attached hydrogen (secondary N) is 1. The summed E-state index contributed by atoms with van der Waals surface area (Å²) in [5.41, 5.74) is 1.12. The van der Waals surface area contributed by atoms with Gasteiger partial charge in [0, 0.05) is 31.6 Å². The fourth-order valence-electron chi connectivity index (χ4n) is 1.60. The van der Waals surface area contributed by atoms with Crippen molar-refractivity contribution in [3.8, 4) is 0 Å². The highest BCUT2D eigenvalue weighted by molar-refractivity contribution is 6.31. The zero-order valence-electron chi connectivity index (χ0n) is 9.73. The predicted molar refractivity (Wildman–Crippen MR) is 67.9 cm³/mol. The molecule has 0 spiro atoms. The Hall–Kier alpha value is -1.39. The smallest absolute Gasteiger partial charge is 0.133 e. The molecule has 2 aromatic rings. The van der Waals surface area contributed by atoms with E-state index in [9.17, 15) is 0 Å². The molecule has 0 atom stereocenters. The predicted octanol–water partition coefficient (Wildman–Crippen LogP) is 1.80. The van der Waals surface area contributed by atoms with Gasteiger partial charge >= 0.3 is 0 Å². The van der Waals surface area contributed by atoms with E-state index in [2.05, 4.69) is 15.5 Å². The number of aryl methyl sites for hydroxylation is 1. The highest BCUT2D eigenvalue weighted by atomic mass is 35.5. The van der Waals surface area contributed by atoms with Crippen molar-refractivity contribution < 1.29 is 0 Å². The van der Waals surface area contributed by atoms with E-state index >= 15 is 0 Å². The second kappa shape index (κ2) is 5.80. The Kier molecular flexibility index (Phi) is 4.12. The Morgan fingerprint density at radius 3 is 2.88 bits per heavy atom. The Morgan fingerprint density at radius 2 is 2.18 bits per heavy atom. The topological polar surface area (TPSA) is 42.7 Å². The second-order valence-corrected chi connectivity index (χ2v) is 4.28.